The number of aryl methyl sites for hydroxylation is 3. The van der Waals surface area contributed by atoms with Crippen molar-refractivity contribution < 1.29 is 14.3 Å². The van der Waals surface area contributed by atoms with E-state index in [1.165, 1.54) is 29.4 Å². The second kappa shape index (κ2) is 6.52. The maximum Gasteiger partial charge on any atom is 0.307 e. The van der Waals surface area contributed by atoms with E-state index in [2.05, 4.69) is 37.6 Å². The molecule has 1 aliphatic rings. The Morgan fingerprint density at radius 1 is 1.33 bits per heavy atom. The zero-order valence-corrected chi connectivity index (χ0v) is 13.8. The van der Waals surface area contributed by atoms with Gasteiger partial charge in [0, 0.05) is 6.54 Å². The summed E-state index contributed by atoms with van der Waals surface area (Å²) in [6.07, 6.45) is 0.239. The lowest BCUT2D eigenvalue weighted by Crippen LogP contribution is -2.31. The molecule has 0 aromatic heterocycles. The summed E-state index contributed by atoms with van der Waals surface area (Å²) in [4.78, 5) is 25.2. The summed E-state index contributed by atoms with van der Waals surface area (Å²) in [5.74, 6) is 0.280. The molecular formula is C16H21NO3S. The standard InChI is InChI=1S/C16H21NO3S/c1-10-7-11(2)15(12(3)8-10)16-17(13(18)9-21-16)6-5-14(19)20-4/h7-8,16H,5-6,9H2,1-4H3. The van der Waals surface area contributed by atoms with Crippen molar-refractivity contribution in [2.75, 3.05) is 19.4 Å². The molecule has 0 aliphatic carbocycles. The first kappa shape index (κ1) is 15.9. The highest BCUT2D eigenvalue weighted by atomic mass is 32.2. The van der Waals surface area contributed by atoms with E-state index < -0.39 is 0 Å². The number of rotatable bonds is 4. The fourth-order valence-corrected chi connectivity index (χ4v) is 4.24. The van der Waals surface area contributed by atoms with Crippen LogP contribution in [0.2, 0.25) is 0 Å². The molecule has 1 aromatic carbocycles. The largest absolute Gasteiger partial charge is 0.469 e. The monoisotopic (exact) mass is 307 g/mol. The number of amides is 1. The van der Waals surface area contributed by atoms with E-state index in [4.69, 9.17) is 0 Å². The molecule has 4 nitrogen and oxygen atoms in total. The van der Waals surface area contributed by atoms with E-state index in [0.717, 1.165) is 0 Å². The average Bonchev–Trinajstić information content (AvgIpc) is 2.76. The van der Waals surface area contributed by atoms with Gasteiger partial charge >= 0.3 is 5.97 Å². The Morgan fingerprint density at radius 3 is 2.52 bits per heavy atom. The molecule has 2 rings (SSSR count). The molecule has 1 saturated heterocycles. The Labute approximate surface area is 129 Å². The Balaban J connectivity index is 2.25. The molecule has 1 fully saturated rings. The Morgan fingerprint density at radius 2 is 1.95 bits per heavy atom. The van der Waals surface area contributed by atoms with Crippen molar-refractivity contribution in [3.8, 4) is 0 Å². The summed E-state index contributed by atoms with van der Waals surface area (Å²) >= 11 is 1.63. The second-order valence-electron chi connectivity index (χ2n) is 5.39. The maximum absolute atomic E-state index is 12.1. The molecule has 1 heterocycles. The zero-order chi connectivity index (χ0) is 15.6. The van der Waals surface area contributed by atoms with E-state index in [9.17, 15) is 9.59 Å². The molecule has 0 radical (unpaired) electrons. The van der Waals surface area contributed by atoms with Gasteiger partial charge < -0.3 is 9.64 Å². The van der Waals surface area contributed by atoms with E-state index in [1.807, 2.05) is 0 Å². The van der Waals surface area contributed by atoms with E-state index in [-0.39, 0.29) is 23.7 Å². The molecular weight excluding hydrogens is 286 g/mol. The summed E-state index contributed by atoms with van der Waals surface area (Å²) in [6.45, 7) is 6.65. The summed E-state index contributed by atoms with van der Waals surface area (Å²) in [7, 11) is 1.37. The SMILES string of the molecule is COC(=O)CCN1C(=O)CSC1c1c(C)cc(C)cc1C. The van der Waals surface area contributed by atoms with Gasteiger partial charge in [-0.2, -0.15) is 0 Å². The van der Waals surface area contributed by atoms with Crippen LogP contribution in [0.15, 0.2) is 12.1 Å². The predicted octanol–water partition coefficient (Wildman–Crippen LogP) is 2.75. The highest BCUT2D eigenvalue weighted by Gasteiger charge is 2.34. The van der Waals surface area contributed by atoms with Gasteiger partial charge in [0.15, 0.2) is 0 Å². The van der Waals surface area contributed by atoms with E-state index in [1.54, 1.807) is 16.7 Å². The van der Waals surface area contributed by atoms with Crippen LogP contribution in [0.1, 0.15) is 34.0 Å². The number of carbonyl (C=O) groups excluding carboxylic acids is 2. The van der Waals surface area contributed by atoms with Gasteiger partial charge in [0.2, 0.25) is 5.91 Å². The Kier molecular flexibility index (Phi) is 4.93. The van der Waals surface area contributed by atoms with Gasteiger partial charge in [-0.05, 0) is 37.5 Å². The summed E-state index contributed by atoms with van der Waals surface area (Å²) in [5.41, 5.74) is 4.82. The smallest absolute Gasteiger partial charge is 0.307 e. The molecule has 1 aromatic rings. The predicted molar refractivity (Wildman–Crippen MR) is 84.2 cm³/mol. The highest BCUT2D eigenvalue weighted by Crippen LogP contribution is 2.41. The topological polar surface area (TPSA) is 46.6 Å². The van der Waals surface area contributed by atoms with Crippen LogP contribution in [0.4, 0.5) is 0 Å². The van der Waals surface area contributed by atoms with Gasteiger partial charge in [0.05, 0.1) is 19.3 Å². The maximum atomic E-state index is 12.1. The quantitative estimate of drug-likeness (QED) is 0.803. The molecule has 0 spiro atoms. The van der Waals surface area contributed by atoms with Crippen LogP contribution in [0.5, 0.6) is 0 Å². The molecule has 1 unspecified atom stereocenters. The van der Waals surface area contributed by atoms with Gasteiger partial charge in [0.1, 0.15) is 5.37 Å². The first-order valence-corrected chi connectivity index (χ1v) is 8.04. The molecule has 5 heteroatoms. The number of ether oxygens (including phenoxy) is 1. The first-order valence-electron chi connectivity index (χ1n) is 6.99. The average molecular weight is 307 g/mol. The lowest BCUT2D eigenvalue weighted by Gasteiger charge is -2.26. The minimum atomic E-state index is -0.282. The fourth-order valence-electron chi connectivity index (χ4n) is 2.83. The number of esters is 1. The second-order valence-corrected chi connectivity index (χ2v) is 6.46. The summed E-state index contributed by atoms with van der Waals surface area (Å²) in [5, 5.41) is 0.00255. The third-order valence-electron chi connectivity index (χ3n) is 3.74. The minimum absolute atomic E-state index is 0.00255. The lowest BCUT2D eigenvalue weighted by atomic mass is 9.99. The molecule has 0 saturated carbocycles. The Bertz CT molecular complexity index is 548. The van der Waals surface area contributed by atoms with Crippen molar-refractivity contribution >= 4 is 23.6 Å². The third kappa shape index (κ3) is 3.40. The lowest BCUT2D eigenvalue weighted by molar-refractivity contribution is -0.141. The van der Waals surface area contributed by atoms with Crippen molar-refractivity contribution in [2.45, 2.75) is 32.6 Å². The molecule has 0 N–H and O–H groups in total. The first-order chi connectivity index (χ1) is 9.93. The molecule has 114 valence electrons. The highest BCUT2D eigenvalue weighted by molar-refractivity contribution is 8.00. The number of benzene rings is 1. The molecule has 21 heavy (non-hydrogen) atoms. The molecule has 1 amide bonds. The van der Waals surface area contributed by atoms with Crippen LogP contribution in [-0.2, 0) is 14.3 Å². The van der Waals surface area contributed by atoms with Crippen molar-refractivity contribution in [3.05, 3.63) is 34.4 Å². The fraction of sp³-hybridized carbons (Fsp3) is 0.500. The van der Waals surface area contributed by atoms with Crippen molar-refractivity contribution in [1.82, 2.24) is 4.90 Å². The van der Waals surface area contributed by atoms with Crippen LogP contribution >= 0.6 is 11.8 Å². The molecule has 1 aliphatic heterocycles. The minimum Gasteiger partial charge on any atom is -0.469 e. The number of methoxy groups -OCH3 is 1. The van der Waals surface area contributed by atoms with Gasteiger partial charge in [0.25, 0.3) is 0 Å². The normalized spacial score (nSPS) is 18.2. The van der Waals surface area contributed by atoms with E-state index in [0.29, 0.717) is 12.3 Å². The summed E-state index contributed by atoms with van der Waals surface area (Å²) in [6, 6.07) is 4.29. The number of nitrogens with zero attached hydrogens (tertiary/aromatic N) is 1. The Hall–Kier alpha value is -1.49. The third-order valence-corrected chi connectivity index (χ3v) is 4.96. The zero-order valence-electron chi connectivity index (χ0n) is 12.9. The van der Waals surface area contributed by atoms with Crippen LogP contribution in [0.3, 0.4) is 0 Å². The van der Waals surface area contributed by atoms with Crippen molar-refractivity contribution in [3.63, 3.8) is 0 Å². The number of carbonyl (C=O) groups is 2. The van der Waals surface area contributed by atoms with Crippen molar-refractivity contribution in [1.29, 1.82) is 0 Å². The number of hydrogen-bond donors (Lipinski definition) is 0. The summed E-state index contributed by atoms with van der Waals surface area (Å²) < 4.78 is 4.67. The van der Waals surface area contributed by atoms with Gasteiger partial charge in [-0.3, -0.25) is 9.59 Å². The van der Waals surface area contributed by atoms with Gasteiger partial charge in [-0.1, -0.05) is 17.7 Å². The number of hydrogen-bond acceptors (Lipinski definition) is 4. The van der Waals surface area contributed by atoms with Crippen LogP contribution in [-0.4, -0.2) is 36.2 Å². The van der Waals surface area contributed by atoms with Crippen molar-refractivity contribution in [2.24, 2.45) is 0 Å². The van der Waals surface area contributed by atoms with Crippen LogP contribution in [0.25, 0.3) is 0 Å². The van der Waals surface area contributed by atoms with Crippen LogP contribution < -0.4 is 0 Å². The van der Waals surface area contributed by atoms with Crippen LogP contribution in [0, 0.1) is 20.8 Å². The van der Waals surface area contributed by atoms with Gasteiger partial charge in [-0.15, -0.1) is 11.8 Å². The molecule has 1 atom stereocenters. The van der Waals surface area contributed by atoms with E-state index >= 15 is 0 Å². The number of thioether (sulfide) groups is 1. The van der Waals surface area contributed by atoms with Gasteiger partial charge in [-0.25, -0.2) is 0 Å². The molecule has 0 bridgehead atoms.